The molecule has 2 rings (SSSR count). The number of halogens is 1. The van der Waals surface area contributed by atoms with E-state index in [-0.39, 0.29) is 5.38 Å². The summed E-state index contributed by atoms with van der Waals surface area (Å²) in [5.74, 6) is 1.17. The smallest absolute Gasteiger partial charge is 0.245 e. The highest BCUT2D eigenvalue weighted by Gasteiger charge is 2.20. The van der Waals surface area contributed by atoms with E-state index in [2.05, 4.69) is 15.0 Å². The van der Waals surface area contributed by atoms with Crippen LogP contribution in [-0.2, 0) is 0 Å². The van der Waals surface area contributed by atoms with Crippen LogP contribution in [0.3, 0.4) is 0 Å². The van der Waals surface area contributed by atoms with Crippen molar-refractivity contribution >= 4 is 22.8 Å². The van der Waals surface area contributed by atoms with Gasteiger partial charge in [0.15, 0.2) is 11.2 Å². The largest absolute Gasteiger partial charge is 0.479 e. The van der Waals surface area contributed by atoms with Crippen molar-refractivity contribution in [1.82, 2.24) is 19.6 Å². The lowest BCUT2D eigenvalue weighted by Crippen LogP contribution is -2.27. The first-order chi connectivity index (χ1) is 8.06. The SMILES string of the molecule is COc1ncnc2c1nc(C(C)Cl)n2N(C)C. The zero-order valence-corrected chi connectivity index (χ0v) is 10.9. The second kappa shape index (κ2) is 4.37. The average molecular weight is 256 g/mol. The molecule has 0 aliphatic carbocycles. The summed E-state index contributed by atoms with van der Waals surface area (Å²) in [4.78, 5) is 12.7. The Morgan fingerprint density at radius 1 is 1.41 bits per heavy atom. The zero-order chi connectivity index (χ0) is 12.6. The molecule has 2 heterocycles. The lowest BCUT2D eigenvalue weighted by Gasteiger charge is -2.18. The van der Waals surface area contributed by atoms with Crippen LogP contribution in [0.25, 0.3) is 11.2 Å². The molecule has 0 aliphatic heterocycles. The standard InChI is InChI=1S/C10H14ClN5O/c1-6(11)8-14-7-9(16(8)15(2)3)12-5-13-10(7)17-4/h5-6H,1-4H3. The van der Waals surface area contributed by atoms with E-state index < -0.39 is 0 Å². The number of nitrogens with zero attached hydrogens (tertiary/aromatic N) is 5. The van der Waals surface area contributed by atoms with E-state index in [4.69, 9.17) is 16.3 Å². The Labute approximate surface area is 104 Å². The number of fused-ring (bicyclic) bond motifs is 1. The number of hydrogen-bond acceptors (Lipinski definition) is 5. The third kappa shape index (κ3) is 1.88. The molecule has 6 nitrogen and oxygen atoms in total. The molecule has 0 saturated carbocycles. The van der Waals surface area contributed by atoms with Crippen LogP contribution in [0.15, 0.2) is 6.33 Å². The van der Waals surface area contributed by atoms with Gasteiger partial charge in [-0.2, -0.15) is 4.98 Å². The van der Waals surface area contributed by atoms with E-state index in [1.54, 1.807) is 7.11 Å². The first kappa shape index (κ1) is 11.9. The quantitative estimate of drug-likeness (QED) is 0.775. The van der Waals surface area contributed by atoms with Crippen LogP contribution in [0.4, 0.5) is 0 Å². The summed E-state index contributed by atoms with van der Waals surface area (Å²) in [7, 11) is 5.36. The van der Waals surface area contributed by atoms with Gasteiger partial charge in [-0.3, -0.25) is 0 Å². The molecule has 0 bridgehead atoms. The minimum atomic E-state index is -0.226. The van der Waals surface area contributed by atoms with Crippen molar-refractivity contribution in [2.45, 2.75) is 12.3 Å². The van der Waals surface area contributed by atoms with Gasteiger partial charge in [-0.25, -0.2) is 14.6 Å². The lowest BCUT2D eigenvalue weighted by atomic mass is 10.4. The molecule has 0 fully saturated rings. The summed E-state index contributed by atoms with van der Waals surface area (Å²) >= 11 is 6.12. The Morgan fingerprint density at radius 3 is 2.65 bits per heavy atom. The molecule has 0 aromatic carbocycles. The molecule has 92 valence electrons. The van der Waals surface area contributed by atoms with E-state index in [0.717, 1.165) is 0 Å². The number of alkyl halides is 1. The predicted octanol–water partition coefficient (Wildman–Crippen LogP) is 1.33. The first-order valence-electron chi connectivity index (χ1n) is 5.15. The lowest BCUT2D eigenvalue weighted by molar-refractivity contribution is 0.401. The maximum absolute atomic E-state index is 6.12. The first-order valence-corrected chi connectivity index (χ1v) is 5.59. The van der Waals surface area contributed by atoms with Gasteiger partial charge in [-0.05, 0) is 6.92 Å². The van der Waals surface area contributed by atoms with Crippen LogP contribution >= 0.6 is 11.6 Å². The van der Waals surface area contributed by atoms with E-state index in [1.807, 2.05) is 30.7 Å². The molecule has 0 spiro atoms. The normalized spacial score (nSPS) is 12.8. The van der Waals surface area contributed by atoms with E-state index >= 15 is 0 Å². The van der Waals surface area contributed by atoms with Gasteiger partial charge in [-0.1, -0.05) is 0 Å². The third-order valence-corrected chi connectivity index (χ3v) is 2.56. The van der Waals surface area contributed by atoms with Gasteiger partial charge in [0.25, 0.3) is 0 Å². The predicted molar refractivity (Wildman–Crippen MR) is 66.2 cm³/mol. The van der Waals surface area contributed by atoms with Gasteiger partial charge >= 0.3 is 0 Å². The molecule has 0 N–H and O–H groups in total. The van der Waals surface area contributed by atoms with Crippen LogP contribution in [0.2, 0.25) is 0 Å². The summed E-state index contributed by atoms with van der Waals surface area (Å²) in [5.41, 5.74) is 1.30. The third-order valence-electron chi connectivity index (χ3n) is 2.36. The fourth-order valence-electron chi connectivity index (χ4n) is 1.68. The van der Waals surface area contributed by atoms with Crippen LogP contribution < -0.4 is 9.75 Å². The maximum Gasteiger partial charge on any atom is 0.245 e. The van der Waals surface area contributed by atoms with Gasteiger partial charge in [0.2, 0.25) is 5.88 Å². The highest BCUT2D eigenvalue weighted by atomic mass is 35.5. The molecule has 0 radical (unpaired) electrons. The fraction of sp³-hybridized carbons (Fsp3) is 0.500. The molecule has 2 aromatic heterocycles. The van der Waals surface area contributed by atoms with Crippen LogP contribution in [-0.4, -0.2) is 40.8 Å². The fourth-order valence-corrected chi connectivity index (χ4v) is 1.82. The number of ether oxygens (including phenoxy) is 1. The minimum absolute atomic E-state index is 0.226. The highest BCUT2D eigenvalue weighted by Crippen LogP contribution is 2.26. The van der Waals surface area contributed by atoms with Crippen molar-refractivity contribution in [3.05, 3.63) is 12.2 Å². The van der Waals surface area contributed by atoms with Gasteiger partial charge in [-0.15, -0.1) is 11.6 Å². The van der Waals surface area contributed by atoms with Crippen molar-refractivity contribution in [3.63, 3.8) is 0 Å². The Balaban J connectivity index is 2.79. The second-order valence-corrected chi connectivity index (χ2v) is 4.45. The topological polar surface area (TPSA) is 56.1 Å². The van der Waals surface area contributed by atoms with Gasteiger partial charge in [0.05, 0.1) is 12.5 Å². The Kier molecular flexibility index (Phi) is 3.06. The Hall–Kier alpha value is -1.56. The summed E-state index contributed by atoms with van der Waals surface area (Å²) in [6.45, 7) is 1.86. The van der Waals surface area contributed by atoms with Gasteiger partial charge in [0.1, 0.15) is 12.2 Å². The molecule has 0 aliphatic rings. The molecular formula is C10H14ClN5O. The minimum Gasteiger partial charge on any atom is -0.479 e. The molecular weight excluding hydrogens is 242 g/mol. The molecule has 7 heteroatoms. The van der Waals surface area contributed by atoms with Crippen LogP contribution in [0.1, 0.15) is 18.1 Å². The second-order valence-electron chi connectivity index (χ2n) is 3.80. The van der Waals surface area contributed by atoms with Crippen LogP contribution in [0.5, 0.6) is 5.88 Å². The monoisotopic (exact) mass is 255 g/mol. The summed E-state index contributed by atoms with van der Waals surface area (Å²) in [5, 5.41) is 1.65. The molecule has 1 unspecified atom stereocenters. The van der Waals surface area contributed by atoms with Crippen molar-refractivity contribution in [3.8, 4) is 5.88 Å². The van der Waals surface area contributed by atoms with Crippen LogP contribution in [0, 0.1) is 0 Å². The average Bonchev–Trinajstić information content (AvgIpc) is 2.67. The number of imidazole rings is 1. The molecule has 0 saturated heterocycles. The summed E-state index contributed by atoms with van der Waals surface area (Å²) < 4.78 is 7.01. The van der Waals surface area contributed by atoms with Crippen molar-refractivity contribution in [1.29, 1.82) is 0 Å². The number of hydrogen-bond donors (Lipinski definition) is 0. The van der Waals surface area contributed by atoms with Crippen molar-refractivity contribution in [2.75, 3.05) is 26.2 Å². The van der Waals surface area contributed by atoms with Crippen molar-refractivity contribution in [2.24, 2.45) is 0 Å². The number of aromatic nitrogens is 4. The Bertz CT molecular complexity index is 537. The summed E-state index contributed by atoms with van der Waals surface area (Å²) in [6.07, 6.45) is 1.45. The highest BCUT2D eigenvalue weighted by molar-refractivity contribution is 6.20. The van der Waals surface area contributed by atoms with E-state index in [1.165, 1.54) is 6.33 Å². The Morgan fingerprint density at radius 2 is 2.12 bits per heavy atom. The number of rotatable bonds is 3. The molecule has 2 aromatic rings. The van der Waals surface area contributed by atoms with Gasteiger partial charge < -0.3 is 9.75 Å². The molecule has 17 heavy (non-hydrogen) atoms. The molecule has 0 amide bonds. The van der Waals surface area contributed by atoms with Gasteiger partial charge in [0, 0.05) is 14.1 Å². The maximum atomic E-state index is 6.12. The van der Waals surface area contributed by atoms with E-state index in [0.29, 0.717) is 22.9 Å². The summed E-state index contributed by atoms with van der Waals surface area (Å²) in [6, 6.07) is 0. The number of methoxy groups -OCH3 is 1. The van der Waals surface area contributed by atoms with E-state index in [9.17, 15) is 0 Å². The van der Waals surface area contributed by atoms with Crippen molar-refractivity contribution < 1.29 is 4.74 Å². The zero-order valence-electron chi connectivity index (χ0n) is 10.2. The molecule has 1 atom stereocenters.